The molecule has 0 saturated heterocycles. The van der Waals surface area contributed by atoms with Crippen LogP contribution in [0.15, 0.2) is 53.2 Å². The summed E-state index contributed by atoms with van der Waals surface area (Å²) in [4.78, 5) is 35.0. The number of ketones is 2. The van der Waals surface area contributed by atoms with Gasteiger partial charge in [-0.2, -0.15) is 0 Å². The first-order valence-corrected chi connectivity index (χ1v) is 7.07. The second-order valence-electron chi connectivity index (χ2n) is 4.94. The lowest BCUT2D eigenvalue weighted by atomic mass is 9.92. The topological polar surface area (TPSA) is 89.3 Å². The molecule has 1 aliphatic rings. The quantitative estimate of drug-likeness (QED) is 0.676. The summed E-state index contributed by atoms with van der Waals surface area (Å²) in [5.41, 5.74) is -0.706. The van der Waals surface area contributed by atoms with Gasteiger partial charge in [0, 0.05) is 11.1 Å². The Labute approximate surface area is 139 Å². The van der Waals surface area contributed by atoms with Crippen molar-refractivity contribution in [3.8, 4) is 0 Å². The summed E-state index contributed by atoms with van der Waals surface area (Å²) in [6, 6.07) is 8.91. The van der Waals surface area contributed by atoms with Crippen LogP contribution in [-0.4, -0.2) is 16.5 Å². The van der Waals surface area contributed by atoms with Gasteiger partial charge < -0.3 is 5.32 Å². The Morgan fingerprint density at radius 1 is 1.04 bits per heavy atom. The Hall–Kier alpha value is -3.06. The fourth-order valence-corrected chi connectivity index (χ4v) is 2.59. The summed E-state index contributed by atoms with van der Waals surface area (Å²) >= 11 is 5.97. The van der Waals surface area contributed by atoms with E-state index in [2.05, 4.69) is 5.32 Å². The molecule has 0 fully saturated rings. The third-order valence-corrected chi connectivity index (χ3v) is 3.84. The van der Waals surface area contributed by atoms with E-state index < -0.39 is 28.0 Å². The number of allylic oxidation sites excluding steroid dienone is 2. The standard InChI is InChI=1S/C16H8ClFN2O4/c17-13-14(16(22)10-4-2-1-3-9(10)15(13)21)19-11-6-5-8(18)7-12(11)20(23)24/h1-7,19H. The van der Waals surface area contributed by atoms with Crippen LogP contribution in [0.1, 0.15) is 20.7 Å². The second-order valence-corrected chi connectivity index (χ2v) is 5.31. The van der Waals surface area contributed by atoms with Gasteiger partial charge in [-0.3, -0.25) is 19.7 Å². The number of benzene rings is 2. The highest BCUT2D eigenvalue weighted by Gasteiger charge is 2.32. The summed E-state index contributed by atoms with van der Waals surface area (Å²) < 4.78 is 13.2. The number of nitro benzene ring substituents is 1. The number of nitrogens with one attached hydrogen (secondary N) is 1. The van der Waals surface area contributed by atoms with Crippen molar-refractivity contribution in [2.45, 2.75) is 0 Å². The van der Waals surface area contributed by atoms with Gasteiger partial charge in [0.05, 0.1) is 11.0 Å². The highest BCUT2D eigenvalue weighted by molar-refractivity contribution is 6.50. The number of nitro groups is 1. The van der Waals surface area contributed by atoms with Crippen molar-refractivity contribution < 1.29 is 18.9 Å². The van der Waals surface area contributed by atoms with E-state index in [9.17, 15) is 24.1 Å². The monoisotopic (exact) mass is 346 g/mol. The molecule has 8 heteroatoms. The zero-order chi connectivity index (χ0) is 17.4. The number of carbonyl (C=O) groups excluding carboxylic acids is 2. The van der Waals surface area contributed by atoms with Gasteiger partial charge in [-0.15, -0.1) is 0 Å². The van der Waals surface area contributed by atoms with Crippen molar-refractivity contribution >= 4 is 34.5 Å². The maximum Gasteiger partial charge on any atom is 0.295 e. The van der Waals surface area contributed by atoms with E-state index in [1.54, 1.807) is 12.1 Å². The minimum Gasteiger partial charge on any atom is -0.345 e. The fraction of sp³-hybridized carbons (Fsp3) is 0. The minimum absolute atomic E-state index is 0.138. The number of fused-ring (bicyclic) bond motifs is 1. The van der Waals surface area contributed by atoms with E-state index in [1.807, 2.05) is 0 Å². The number of hydrogen-bond acceptors (Lipinski definition) is 5. The van der Waals surface area contributed by atoms with E-state index in [-0.39, 0.29) is 27.5 Å². The van der Waals surface area contributed by atoms with Crippen molar-refractivity contribution in [1.29, 1.82) is 0 Å². The van der Waals surface area contributed by atoms with Crippen molar-refractivity contribution in [2.24, 2.45) is 0 Å². The summed E-state index contributed by atoms with van der Waals surface area (Å²) in [5, 5.41) is 13.2. The van der Waals surface area contributed by atoms with Gasteiger partial charge in [-0.05, 0) is 12.1 Å². The van der Waals surface area contributed by atoms with Gasteiger partial charge in [0.2, 0.25) is 11.6 Å². The molecule has 0 spiro atoms. The molecular weight excluding hydrogens is 339 g/mol. The lowest BCUT2D eigenvalue weighted by molar-refractivity contribution is -0.384. The Balaban J connectivity index is 2.08. The normalized spacial score (nSPS) is 13.8. The predicted molar refractivity (Wildman–Crippen MR) is 84.7 cm³/mol. The molecule has 6 nitrogen and oxygen atoms in total. The van der Waals surface area contributed by atoms with Crippen LogP contribution in [-0.2, 0) is 0 Å². The van der Waals surface area contributed by atoms with Crippen LogP contribution >= 0.6 is 11.6 Å². The molecule has 0 saturated carbocycles. The maximum absolute atomic E-state index is 13.2. The fourth-order valence-electron chi connectivity index (χ4n) is 2.35. The Kier molecular flexibility index (Phi) is 3.86. The number of hydrogen-bond donors (Lipinski definition) is 1. The molecular formula is C16H8ClFN2O4. The van der Waals surface area contributed by atoms with Gasteiger partial charge >= 0.3 is 0 Å². The molecule has 2 aromatic rings. The van der Waals surface area contributed by atoms with E-state index >= 15 is 0 Å². The van der Waals surface area contributed by atoms with E-state index in [4.69, 9.17) is 11.6 Å². The van der Waals surface area contributed by atoms with Gasteiger partial charge in [-0.1, -0.05) is 35.9 Å². The number of anilines is 1. The van der Waals surface area contributed by atoms with Gasteiger partial charge in [0.15, 0.2) is 0 Å². The van der Waals surface area contributed by atoms with Crippen LogP contribution < -0.4 is 5.32 Å². The van der Waals surface area contributed by atoms with E-state index in [0.29, 0.717) is 6.07 Å². The number of halogens is 2. The average Bonchev–Trinajstić information content (AvgIpc) is 2.57. The number of Topliss-reactive ketones (excluding diaryl/α,β-unsaturated/α-hetero) is 2. The van der Waals surface area contributed by atoms with Crippen molar-refractivity contribution in [1.82, 2.24) is 0 Å². The Morgan fingerprint density at radius 3 is 2.29 bits per heavy atom. The zero-order valence-electron chi connectivity index (χ0n) is 11.9. The number of carbonyl (C=O) groups is 2. The molecule has 2 aromatic carbocycles. The molecule has 120 valence electrons. The molecule has 3 rings (SSSR count). The van der Waals surface area contributed by atoms with Crippen molar-refractivity contribution in [2.75, 3.05) is 5.32 Å². The van der Waals surface area contributed by atoms with E-state index in [0.717, 1.165) is 12.1 Å². The molecule has 0 unspecified atom stereocenters. The zero-order valence-corrected chi connectivity index (χ0v) is 12.6. The van der Waals surface area contributed by atoms with Gasteiger partial charge in [-0.25, -0.2) is 4.39 Å². The van der Waals surface area contributed by atoms with Crippen LogP contribution in [0, 0.1) is 15.9 Å². The smallest absolute Gasteiger partial charge is 0.295 e. The molecule has 0 aliphatic heterocycles. The highest BCUT2D eigenvalue weighted by atomic mass is 35.5. The summed E-state index contributed by atoms with van der Waals surface area (Å²) in [6.07, 6.45) is 0. The lowest BCUT2D eigenvalue weighted by Crippen LogP contribution is -2.24. The second kappa shape index (κ2) is 5.86. The highest BCUT2D eigenvalue weighted by Crippen LogP contribution is 2.32. The molecule has 0 aromatic heterocycles. The summed E-state index contributed by atoms with van der Waals surface area (Å²) in [5.74, 6) is -1.95. The maximum atomic E-state index is 13.2. The Morgan fingerprint density at radius 2 is 1.67 bits per heavy atom. The molecule has 0 heterocycles. The Bertz CT molecular complexity index is 939. The van der Waals surface area contributed by atoms with Crippen LogP contribution in [0.5, 0.6) is 0 Å². The summed E-state index contributed by atoms with van der Waals surface area (Å²) in [7, 11) is 0. The third kappa shape index (κ3) is 2.55. The molecule has 24 heavy (non-hydrogen) atoms. The molecule has 1 aliphatic carbocycles. The molecule has 0 amide bonds. The number of nitrogens with zero attached hydrogens (tertiary/aromatic N) is 1. The SMILES string of the molecule is O=C1C(Cl)=C(Nc2ccc(F)cc2[N+](=O)[O-])C(=O)c2ccccc21. The van der Waals surface area contributed by atoms with E-state index in [1.165, 1.54) is 12.1 Å². The van der Waals surface area contributed by atoms with Crippen molar-refractivity contribution in [3.05, 3.63) is 80.3 Å². The molecule has 0 radical (unpaired) electrons. The molecule has 1 N–H and O–H groups in total. The molecule has 0 atom stereocenters. The first-order chi connectivity index (χ1) is 11.4. The van der Waals surface area contributed by atoms with Crippen LogP contribution in [0.4, 0.5) is 15.8 Å². The van der Waals surface area contributed by atoms with Crippen LogP contribution in [0.3, 0.4) is 0 Å². The average molecular weight is 347 g/mol. The predicted octanol–water partition coefficient (Wildman–Crippen LogP) is 3.68. The first kappa shape index (κ1) is 15.8. The van der Waals surface area contributed by atoms with Crippen LogP contribution in [0.25, 0.3) is 0 Å². The third-order valence-electron chi connectivity index (χ3n) is 3.48. The largest absolute Gasteiger partial charge is 0.345 e. The minimum atomic E-state index is -0.803. The lowest BCUT2D eigenvalue weighted by Gasteiger charge is -2.18. The van der Waals surface area contributed by atoms with Crippen LogP contribution in [0.2, 0.25) is 0 Å². The first-order valence-electron chi connectivity index (χ1n) is 6.69. The van der Waals surface area contributed by atoms with Gasteiger partial charge in [0.1, 0.15) is 22.2 Å². The van der Waals surface area contributed by atoms with Crippen molar-refractivity contribution in [3.63, 3.8) is 0 Å². The number of rotatable bonds is 3. The van der Waals surface area contributed by atoms with Gasteiger partial charge in [0.25, 0.3) is 5.69 Å². The molecule has 0 bridgehead atoms. The summed E-state index contributed by atoms with van der Waals surface area (Å²) in [6.45, 7) is 0.